The first-order valence-corrected chi connectivity index (χ1v) is 9.48. The topological polar surface area (TPSA) is 92.0 Å². The van der Waals surface area contributed by atoms with Gasteiger partial charge in [-0.3, -0.25) is 9.69 Å². The van der Waals surface area contributed by atoms with Crippen LogP contribution in [0, 0.1) is 5.82 Å². The highest BCUT2D eigenvalue weighted by Crippen LogP contribution is 2.18. The molecule has 150 valence electrons. The number of nitrogens with two attached hydrogens (primary N) is 1. The van der Waals surface area contributed by atoms with Crippen molar-refractivity contribution >= 4 is 11.9 Å². The monoisotopic (exact) mass is 379 g/mol. The fourth-order valence-electron chi connectivity index (χ4n) is 3.05. The van der Waals surface area contributed by atoms with Gasteiger partial charge in [-0.15, -0.1) is 0 Å². The van der Waals surface area contributed by atoms with Crippen molar-refractivity contribution in [1.82, 2.24) is 15.5 Å². The Morgan fingerprint density at radius 2 is 2.11 bits per heavy atom. The van der Waals surface area contributed by atoms with Gasteiger partial charge in [0.15, 0.2) is 17.5 Å². The van der Waals surface area contributed by atoms with Crippen LogP contribution in [-0.2, 0) is 11.3 Å². The zero-order valence-corrected chi connectivity index (χ0v) is 16.1. The van der Waals surface area contributed by atoms with E-state index in [1.54, 1.807) is 6.07 Å². The van der Waals surface area contributed by atoms with E-state index in [9.17, 15) is 9.18 Å². The standard InChI is InChI=1S/C19H30FN5O2/c1-3-22-19(24-15-7-9-25(10-8-15)13-18(21)26)23-12-14-5-6-17(27-4-2)16(20)11-14/h5-6,11,15H,3-4,7-10,12-13H2,1-2H3,(H2,21,26)(H2,22,23,24). The lowest BCUT2D eigenvalue weighted by Gasteiger charge is -2.32. The van der Waals surface area contributed by atoms with Crippen molar-refractivity contribution in [3.63, 3.8) is 0 Å². The van der Waals surface area contributed by atoms with E-state index in [1.807, 2.05) is 19.9 Å². The van der Waals surface area contributed by atoms with Gasteiger partial charge in [0.1, 0.15) is 0 Å². The largest absolute Gasteiger partial charge is 0.491 e. The third kappa shape index (κ3) is 7.05. The summed E-state index contributed by atoms with van der Waals surface area (Å²) >= 11 is 0. The van der Waals surface area contributed by atoms with E-state index < -0.39 is 0 Å². The average molecular weight is 379 g/mol. The van der Waals surface area contributed by atoms with Gasteiger partial charge in [0.25, 0.3) is 0 Å². The normalized spacial score (nSPS) is 16.2. The molecule has 1 heterocycles. The molecule has 1 fully saturated rings. The molecular formula is C19H30FN5O2. The number of carbonyl (C=O) groups excluding carboxylic acids is 1. The molecular weight excluding hydrogens is 349 g/mol. The second kappa shape index (κ2) is 10.7. The highest BCUT2D eigenvalue weighted by Gasteiger charge is 2.20. The van der Waals surface area contributed by atoms with Crippen LogP contribution in [0.5, 0.6) is 5.75 Å². The highest BCUT2D eigenvalue weighted by atomic mass is 19.1. The molecule has 0 saturated carbocycles. The summed E-state index contributed by atoms with van der Waals surface area (Å²) in [6.45, 7) is 7.33. The summed E-state index contributed by atoms with van der Waals surface area (Å²) < 4.78 is 19.2. The Morgan fingerprint density at radius 3 is 2.70 bits per heavy atom. The summed E-state index contributed by atoms with van der Waals surface area (Å²) in [5.41, 5.74) is 6.03. The third-order valence-corrected chi connectivity index (χ3v) is 4.37. The van der Waals surface area contributed by atoms with E-state index in [-0.39, 0.29) is 23.5 Å². The molecule has 1 aliphatic rings. The van der Waals surface area contributed by atoms with Crippen LogP contribution in [0.15, 0.2) is 23.2 Å². The van der Waals surface area contributed by atoms with Crippen molar-refractivity contribution < 1.29 is 13.9 Å². The number of nitrogens with zero attached hydrogens (tertiary/aromatic N) is 2. The Bertz CT molecular complexity index is 645. The maximum absolute atomic E-state index is 14.0. The molecule has 4 N–H and O–H groups in total. The van der Waals surface area contributed by atoms with Crippen LogP contribution in [-0.4, -0.2) is 55.6 Å². The number of amides is 1. The molecule has 2 rings (SSSR count). The van der Waals surface area contributed by atoms with E-state index in [0.717, 1.165) is 38.0 Å². The smallest absolute Gasteiger partial charge is 0.231 e. The zero-order valence-electron chi connectivity index (χ0n) is 16.1. The van der Waals surface area contributed by atoms with Gasteiger partial charge in [0, 0.05) is 25.7 Å². The number of guanidine groups is 1. The Kier molecular flexibility index (Phi) is 8.32. The van der Waals surface area contributed by atoms with Gasteiger partial charge in [-0.05, 0) is 44.4 Å². The van der Waals surface area contributed by atoms with Crippen molar-refractivity contribution in [3.8, 4) is 5.75 Å². The summed E-state index contributed by atoms with van der Waals surface area (Å²) in [6, 6.07) is 5.20. The second-order valence-corrected chi connectivity index (χ2v) is 6.55. The quantitative estimate of drug-likeness (QED) is 0.467. The molecule has 7 nitrogen and oxygen atoms in total. The van der Waals surface area contributed by atoms with Gasteiger partial charge in [-0.1, -0.05) is 6.07 Å². The first kappa shape index (κ1) is 21.0. The average Bonchev–Trinajstić information content (AvgIpc) is 2.63. The van der Waals surface area contributed by atoms with Crippen molar-refractivity contribution in [1.29, 1.82) is 0 Å². The van der Waals surface area contributed by atoms with E-state index in [1.165, 1.54) is 6.07 Å². The lowest BCUT2D eigenvalue weighted by Crippen LogP contribution is -2.49. The van der Waals surface area contributed by atoms with Gasteiger partial charge in [0.2, 0.25) is 5.91 Å². The second-order valence-electron chi connectivity index (χ2n) is 6.55. The summed E-state index contributed by atoms with van der Waals surface area (Å²) in [5.74, 6) is 0.307. The van der Waals surface area contributed by atoms with E-state index >= 15 is 0 Å². The number of nitrogens with one attached hydrogen (secondary N) is 2. The fraction of sp³-hybridized carbons (Fsp3) is 0.579. The zero-order chi connectivity index (χ0) is 19.6. The number of ether oxygens (including phenoxy) is 1. The number of carbonyl (C=O) groups is 1. The first-order chi connectivity index (χ1) is 13.0. The molecule has 0 aliphatic carbocycles. The van der Waals surface area contributed by atoms with Crippen LogP contribution in [0.1, 0.15) is 32.3 Å². The molecule has 0 radical (unpaired) electrons. The van der Waals surface area contributed by atoms with Crippen molar-refractivity contribution in [2.24, 2.45) is 10.7 Å². The van der Waals surface area contributed by atoms with Gasteiger partial charge >= 0.3 is 0 Å². The van der Waals surface area contributed by atoms with Crippen LogP contribution >= 0.6 is 0 Å². The van der Waals surface area contributed by atoms with Crippen molar-refractivity contribution in [2.75, 3.05) is 32.8 Å². The number of hydrogen-bond donors (Lipinski definition) is 3. The molecule has 8 heteroatoms. The minimum absolute atomic E-state index is 0.262. The lowest BCUT2D eigenvalue weighted by molar-refractivity contribution is -0.119. The number of primary amides is 1. The Hall–Kier alpha value is -2.35. The number of rotatable bonds is 8. The SMILES string of the molecule is CCNC(=NCc1ccc(OCC)c(F)c1)NC1CCN(CC(N)=O)CC1. The van der Waals surface area contributed by atoms with E-state index in [4.69, 9.17) is 10.5 Å². The molecule has 1 amide bonds. The summed E-state index contributed by atoms with van der Waals surface area (Å²) in [7, 11) is 0. The number of likely N-dealkylation sites (tertiary alicyclic amines) is 1. The predicted molar refractivity (Wildman–Crippen MR) is 104 cm³/mol. The number of aliphatic imine (C=N–C) groups is 1. The van der Waals surface area contributed by atoms with Crippen LogP contribution in [0.4, 0.5) is 4.39 Å². The lowest BCUT2D eigenvalue weighted by atomic mass is 10.1. The van der Waals surface area contributed by atoms with Crippen LogP contribution < -0.4 is 21.1 Å². The molecule has 0 bridgehead atoms. The van der Waals surface area contributed by atoms with Gasteiger partial charge < -0.3 is 21.1 Å². The molecule has 27 heavy (non-hydrogen) atoms. The van der Waals surface area contributed by atoms with Crippen molar-refractivity contribution in [2.45, 2.75) is 39.3 Å². The van der Waals surface area contributed by atoms with Crippen LogP contribution in [0.2, 0.25) is 0 Å². The van der Waals surface area contributed by atoms with Gasteiger partial charge in [-0.25, -0.2) is 9.38 Å². The Labute approximate surface area is 160 Å². The highest BCUT2D eigenvalue weighted by molar-refractivity contribution is 5.80. The van der Waals surface area contributed by atoms with Gasteiger partial charge in [-0.2, -0.15) is 0 Å². The molecule has 0 atom stereocenters. The molecule has 1 aliphatic heterocycles. The third-order valence-electron chi connectivity index (χ3n) is 4.37. The molecule has 0 spiro atoms. The summed E-state index contributed by atoms with van der Waals surface area (Å²) in [6.07, 6.45) is 1.82. The molecule has 1 aromatic rings. The predicted octanol–water partition coefficient (Wildman–Crippen LogP) is 1.23. The molecule has 1 aromatic carbocycles. The molecule has 1 saturated heterocycles. The Balaban J connectivity index is 1.91. The Morgan fingerprint density at radius 1 is 1.37 bits per heavy atom. The molecule has 0 unspecified atom stereocenters. The maximum atomic E-state index is 14.0. The number of hydrogen-bond acceptors (Lipinski definition) is 4. The molecule has 0 aromatic heterocycles. The van der Waals surface area contributed by atoms with E-state index in [2.05, 4.69) is 20.5 Å². The van der Waals surface area contributed by atoms with Crippen molar-refractivity contribution in [3.05, 3.63) is 29.6 Å². The van der Waals surface area contributed by atoms with E-state index in [0.29, 0.717) is 25.7 Å². The number of halogens is 1. The fourth-order valence-corrected chi connectivity index (χ4v) is 3.05. The number of piperidine rings is 1. The van der Waals surface area contributed by atoms with Crippen LogP contribution in [0.25, 0.3) is 0 Å². The maximum Gasteiger partial charge on any atom is 0.231 e. The van der Waals surface area contributed by atoms with Crippen LogP contribution in [0.3, 0.4) is 0 Å². The first-order valence-electron chi connectivity index (χ1n) is 9.48. The minimum Gasteiger partial charge on any atom is -0.491 e. The number of benzene rings is 1. The minimum atomic E-state index is -0.371. The summed E-state index contributed by atoms with van der Waals surface area (Å²) in [5, 5.41) is 6.65. The summed E-state index contributed by atoms with van der Waals surface area (Å²) in [4.78, 5) is 17.6. The van der Waals surface area contributed by atoms with Gasteiger partial charge in [0.05, 0.1) is 19.7 Å².